The SMILES string of the molecule is CC[C@H](C)NC(=O)[C@H](Cc1ccccc1)N(Cc1c(Cl)cccc1Cl)C(=O)CN(c1ccc(Cl)cc1C)S(=O)(=O)c1ccccc1. The van der Waals surface area contributed by atoms with E-state index in [9.17, 15) is 18.0 Å². The van der Waals surface area contributed by atoms with Crippen LogP contribution in [0.2, 0.25) is 15.1 Å². The Morgan fingerprint density at radius 3 is 2.04 bits per heavy atom. The highest BCUT2D eigenvalue weighted by Gasteiger charge is 2.36. The number of carbonyl (C=O) groups excluding carboxylic acids is 2. The minimum Gasteiger partial charge on any atom is -0.352 e. The van der Waals surface area contributed by atoms with Gasteiger partial charge >= 0.3 is 0 Å². The number of anilines is 1. The minimum atomic E-state index is -4.24. The predicted molar refractivity (Wildman–Crippen MR) is 186 cm³/mol. The first-order chi connectivity index (χ1) is 21.9. The highest BCUT2D eigenvalue weighted by atomic mass is 35.5. The second-order valence-electron chi connectivity index (χ2n) is 11.0. The molecule has 0 unspecified atom stereocenters. The normalized spacial score (nSPS) is 12.7. The predicted octanol–water partition coefficient (Wildman–Crippen LogP) is 7.71. The molecular formula is C35H36Cl3N3O4S. The van der Waals surface area contributed by atoms with Gasteiger partial charge in [0.05, 0.1) is 10.6 Å². The molecule has 0 aliphatic heterocycles. The topological polar surface area (TPSA) is 86.8 Å². The summed E-state index contributed by atoms with van der Waals surface area (Å²) in [5.74, 6) is -1.00. The van der Waals surface area contributed by atoms with Crippen LogP contribution in [0, 0.1) is 6.92 Å². The van der Waals surface area contributed by atoms with Crippen molar-refractivity contribution in [2.24, 2.45) is 0 Å². The lowest BCUT2D eigenvalue weighted by Crippen LogP contribution is -2.54. The molecular weight excluding hydrogens is 665 g/mol. The minimum absolute atomic E-state index is 0.00759. The van der Waals surface area contributed by atoms with Crippen LogP contribution in [0.3, 0.4) is 0 Å². The van der Waals surface area contributed by atoms with Crippen LogP contribution in [-0.4, -0.2) is 43.8 Å². The van der Waals surface area contributed by atoms with Crippen molar-refractivity contribution in [3.63, 3.8) is 0 Å². The zero-order chi connectivity index (χ0) is 33.4. The molecule has 0 aromatic heterocycles. The van der Waals surface area contributed by atoms with Crippen LogP contribution in [0.25, 0.3) is 0 Å². The van der Waals surface area contributed by atoms with E-state index < -0.39 is 28.5 Å². The molecule has 4 rings (SSSR count). The van der Waals surface area contributed by atoms with Gasteiger partial charge in [-0.3, -0.25) is 13.9 Å². The number of aryl methyl sites for hydroxylation is 1. The molecule has 0 radical (unpaired) electrons. The molecule has 11 heteroatoms. The van der Waals surface area contributed by atoms with E-state index in [0.29, 0.717) is 32.6 Å². The molecule has 242 valence electrons. The van der Waals surface area contributed by atoms with Gasteiger partial charge in [0.15, 0.2) is 0 Å². The Morgan fingerprint density at radius 2 is 1.46 bits per heavy atom. The van der Waals surface area contributed by atoms with Gasteiger partial charge in [0.25, 0.3) is 10.0 Å². The summed E-state index contributed by atoms with van der Waals surface area (Å²) in [5, 5.41) is 4.06. The van der Waals surface area contributed by atoms with Gasteiger partial charge in [-0.15, -0.1) is 0 Å². The largest absolute Gasteiger partial charge is 0.352 e. The molecule has 0 aliphatic rings. The Balaban J connectivity index is 1.86. The Bertz CT molecular complexity index is 1750. The van der Waals surface area contributed by atoms with E-state index in [2.05, 4.69) is 5.32 Å². The zero-order valence-electron chi connectivity index (χ0n) is 25.8. The number of carbonyl (C=O) groups is 2. The molecule has 7 nitrogen and oxygen atoms in total. The van der Waals surface area contributed by atoms with E-state index in [0.717, 1.165) is 9.87 Å². The number of sulfonamides is 1. The van der Waals surface area contributed by atoms with Gasteiger partial charge in [0.2, 0.25) is 11.8 Å². The number of amides is 2. The molecule has 1 N–H and O–H groups in total. The molecule has 0 saturated carbocycles. The summed E-state index contributed by atoms with van der Waals surface area (Å²) in [5.41, 5.74) is 2.09. The average molecular weight is 701 g/mol. The first-order valence-electron chi connectivity index (χ1n) is 14.8. The van der Waals surface area contributed by atoms with Gasteiger partial charge in [-0.05, 0) is 73.9 Å². The first kappa shape index (κ1) is 35.3. The summed E-state index contributed by atoms with van der Waals surface area (Å²) in [6.45, 7) is 4.81. The quantitative estimate of drug-likeness (QED) is 0.155. The Labute approximate surface area is 286 Å². The number of nitrogens with one attached hydrogen (secondary N) is 1. The van der Waals surface area contributed by atoms with Crippen LogP contribution in [0.4, 0.5) is 5.69 Å². The van der Waals surface area contributed by atoms with Crippen molar-refractivity contribution in [1.82, 2.24) is 10.2 Å². The van der Waals surface area contributed by atoms with E-state index in [-0.39, 0.29) is 35.5 Å². The highest BCUT2D eigenvalue weighted by Crippen LogP contribution is 2.31. The molecule has 46 heavy (non-hydrogen) atoms. The second kappa shape index (κ2) is 15.8. The number of halogens is 3. The van der Waals surface area contributed by atoms with E-state index in [1.807, 2.05) is 44.2 Å². The number of hydrogen-bond acceptors (Lipinski definition) is 4. The zero-order valence-corrected chi connectivity index (χ0v) is 28.9. The maximum Gasteiger partial charge on any atom is 0.264 e. The Hall–Kier alpha value is -3.56. The summed E-state index contributed by atoms with van der Waals surface area (Å²) < 4.78 is 29.4. The first-order valence-corrected chi connectivity index (χ1v) is 17.4. The van der Waals surface area contributed by atoms with Crippen molar-refractivity contribution >= 4 is 62.3 Å². The average Bonchev–Trinajstić information content (AvgIpc) is 3.03. The van der Waals surface area contributed by atoms with Crippen molar-refractivity contribution in [2.45, 2.75) is 57.1 Å². The lowest BCUT2D eigenvalue weighted by atomic mass is 10.0. The molecule has 0 aliphatic carbocycles. The third kappa shape index (κ3) is 8.62. The van der Waals surface area contributed by atoms with Crippen LogP contribution in [0.15, 0.2) is 102 Å². The smallest absolute Gasteiger partial charge is 0.264 e. The van der Waals surface area contributed by atoms with E-state index in [1.54, 1.807) is 61.5 Å². The summed E-state index contributed by atoms with van der Waals surface area (Å²) >= 11 is 19.4. The van der Waals surface area contributed by atoms with Gasteiger partial charge in [-0.1, -0.05) is 96.3 Å². The molecule has 4 aromatic carbocycles. The molecule has 2 atom stereocenters. The fourth-order valence-electron chi connectivity index (χ4n) is 4.98. The third-order valence-electron chi connectivity index (χ3n) is 7.70. The molecule has 0 bridgehead atoms. The number of hydrogen-bond donors (Lipinski definition) is 1. The van der Waals surface area contributed by atoms with Gasteiger partial charge in [0.1, 0.15) is 12.6 Å². The van der Waals surface area contributed by atoms with E-state index in [1.165, 1.54) is 17.0 Å². The summed E-state index contributed by atoms with van der Waals surface area (Å²) in [7, 11) is -4.24. The van der Waals surface area contributed by atoms with E-state index >= 15 is 0 Å². The third-order valence-corrected chi connectivity index (χ3v) is 10.4. The highest BCUT2D eigenvalue weighted by molar-refractivity contribution is 7.92. The van der Waals surface area contributed by atoms with Crippen molar-refractivity contribution in [2.75, 3.05) is 10.8 Å². The van der Waals surface area contributed by atoms with Gasteiger partial charge in [0, 0.05) is 39.6 Å². The summed E-state index contributed by atoms with van der Waals surface area (Å²) in [6, 6.07) is 25.8. The molecule has 0 saturated heterocycles. The van der Waals surface area contributed by atoms with Crippen LogP contribution in [0.5, 0.6) is 0 Å². The van der Waals surface area contributed by atoms with Gasteiger partial charge < -0.3 is 10.2 Å². The van der Waals surface area contributed by atoms with Gasteiger partial charge in [-0.2, -0.15) is 0 Å². The number of benzene rings is 4. The van der Waals surface area contributed by atoms with E-state index in [4.69, 9.17) is 34.8 Å². The monoisotopic (exact) mass is 699 g/mol. The van der Waals surface area contributed by atoms with Crippen LogP contribution in [0.1, 0.15) is 37.0 Å². The van der Waals surface area contributed by atoms with Crippen LogP contribution >= 0.6 is 34.8 Å². The fourth-order valence-corrected chi connectivity index (χ4v) is 7.22. The number of rotatable bonds is 13. The van der Waals surface area contributed by atoms with Crippen LogP contribution in [-0.2, 0) is 32.6 Å². The Morgan fingerprint density at radius 1 is 0.848 bits per heavy atom. The number of nitrogens with zero attached hydrogens (tertiary/aromatic N) is 2. The maximum absolute atomic E-state index is 14.6. The van der Waals surface area contributed by atoms with Gasteiger partial charge in [-0.25, -0.2) is 8.42 Å². The lowest BCUT2D eigenvalue weighted by Gasteiger charge is -2.35. The van der Waals surface area contributed by atoms with Crippen LogP contribution < -0.4 is 9.62 Å². The van der Waals surface area contributed by atoms with Crippen molar-refractivity contribution in [3.05, 3.63) is 129 Å². The molecule has 0 heterocycles. The summed E-state index contributed by atoms with van der Waals surface area (Å²) in [4.78, 5) is 30.0. The molecule has 0 spiro atoms. The lowest BCUT2D eigenvalue weighted by molar-refractivity contribution is -0.140. The molecule has 0 fully saturated rings. The standard InChI is InChI=1S/C35H36Cl3N3O4S/c1-4-25(3)39-35(43)33(21-26-12-7-5-8-13-26)40(22-29-30(37)16-11-17-31(29)38)34(42)23-41(32-19-18-27(36)20-24(32)2)46(44,45)28-14-9-6-10-15-28/h5-20,25,33H,4,21-23H2,1-3H3,(H,39,43)/t25-,33-/m0/s1. The second-order valence-corrected chi connectivity index (χ2v) is 14.1. The Kier molecular flexibility index (Phi) is 12.1. The summed E-state index contributed by atoms with van der Waals surface area (Å²) in [6.07, 6.45) is 0.843. The molecule has 4 aromatic rings. The van der Waals surface area contributed by atoms with Crippen molar-refractivity contribution in [3.8, 4) is 0 Å². The maximum atomic E-state index is 14.6. The molecule has 2 amide bonds. The van der Waals surface area contributed by atoms with Crippen molar-refractivity contribution < 1.29 is 18.0 Å². The van der Waals surface area contributed by atoms with Crippen molar-refractivity contribution in [1.29, 1.82) is 0 Å². The fraction of sp³-hybridized carbons (Fsp3) is 0.257.